The maximum absolute atomic E-state index is 4.54. The third-order valence-electron chi connectivity index (χ3n) is 0.289. The zero-order chi connectivity index (χ0) is 6.99. The molecule has 2 heteroatoms. The molecule has 0 fully saturated rings. The van der Waals surface area contributed by atoms with Gasteiger partial charge in [-0.3, -0.25) is 0 Å². The van der Waals surface area contributed by atoms with Crippen LogP contribution in [0.2, 0.25) is 0 Å². The quantitative estimate of drug-likeness (QED) is 0.507. The fraction of sp³-hybridized carbons (Fsp3) is 1.00. The Morgan fingerprint density at radius 2 is 1.38 bits per heavy atom. The van der Waals surface area contributed by atoms with E-state index >= 15 is 0 Å². The van der Waals surface area contributed by atoms with Crippen molar-refractivity contribution in [1.29, 1.82) is 0 Å². The molecule has 0 amide bonds. The summed E-state index contributed by atoms with van der Waals surface area (Å²) in [4.78, 5) is 2.00. The van der Waals surface area contributed by atoms with Crippen molar-refractivity contribution in [2.45, 2.75) is 6.92 Å². The molecule has 52 valence electrons. The summed E-state index contributed by atoms with van der Waals surface area (Å²) < 4.78 is 4.54. The Morgan fingerprint density at radius 3 is 1.38 bits per heavy atom. The minimum atomic E-state index is 0.819. The zero-order valence-corrected chi connectivity index (χ0v) is 6.56. The van der Waals surface area contributed by atoms with Gasteiger partial charge in [0.1, 0.15) is 0 Å². The SMILES string of the molecule is CCOC.CN(C)C. The summed E-state index contributed by atoms with van der Waals surface area (Å²) in [5.74, 6) is 0. The molecule has 0 N–H and O–H groups in total. The van der Waals surface area contributed by atoms with Crippen molar-refractivity contribution in [1.82, 2.24) is 4.90 Å². The number of hydrogen-bond acceptors (Lipinski definition) is 2. The molecule has 0 aromatic rings. The molecule has 0 aliphatic heterocycles. The molecule has 0 atom stereocenters. The second-order valence-electron chi connectivity index (χ2n) is 1.92. The highest BCUT2D eigenvalue weighted by Gasteiger charge is 1.58. The van der Waals surface area contributed by atoms with Gasteiger partial charge in [0.15, 0.2) is 0 Å². The molecule has 0 heterocycles. The van der Waals surface area contributed by atoms with Crippen molar-refractivity contribution >= 4 is 0 Å². The summed E-state index contributed by atoms with van der Waals surface area (Å²) in [5.41, 5.74) is 0. The molecule has 0 aromatic carbocycles. The van der Waals surface area contributed by atoms with Crippen LogP contribution in [0.15, 0.2) is 0 Å². The van der Waals surface area contributed by atoms with E-state index in [2.05, 4.69) is 4.74 Å². The summed E-state index contributed by atoms with van der Waals surface area (Å²) in [6, 6.07) is 0. The van der Waals surface area contributed by atoms with E-state index < -0.39 is 0 Å². The van der Waals surface area contributed by atoms with Gasteiger partial charge in [0.25, 0.3) is 0 Å². The maximum Gasteiger partial charge on any atom is 0.0433 e. The highest BCUT2D eigenvalue weighted by molar-refractivity contribution is 4.09. The lowest BCUT2D eigenvalue weighted by atomic mass is 10.9. The first kappa shape index (κ1) is 10.8. The lowest BCUT2D eigenvalue weighted by Gasteiger charge is -1.90. The standard InChI is InChI=1S/C3H9N.C3H8O/c1-4(2)3;1-3-4-2/h1-3H3;3H2,1-2H3. The van der Waals surface area contributed by atoms with Crippen molar-refractivity contribution in [3.8, 4) is 0 Å². The zero-order valence-electron chi connectivity index (χ0n) is 6.56. The lowest BCUT2D eigenvalue weighted by molar-refractivity contribution is 0.215. The summed E-state index contributed by atoms with van der Waals surface area (Å²) in [7, 11) is 7.68. The van der Waals surface area contributed by atoms with Crippen molar-refractivity contribution in [2.24, 2.45) is 0 Å². The molecule has 2 nitrogen and oxygen atoms in total. The number of rotatable bonds is 1. The molecule has 0 aliphatic carbocycles. The topological polar surface area (TPSA) is 12.5 Å². The number of methoxy groups -OCH3 is 1. The molecule has 0 rings (SSSR count). The van der Waals surface area contributed by atoms with E-state index in [1.165, 1.54) is 0 Å². The molecule has 0 saturated heterocycles. The predicted molar refractivity (Wildman–Crippen MR) is 37.2 cm³/mol. The molecule has 0 unspecified atom stereocenters. The fourth-order valence-electron chi connectivity index (χ4n) is 0. The Balaban J connectivity index is 0. The smallest absolute Gasteiger partial charge is 0.0433 e. The summed E-state index contributed by atoms with van der Waals surface area (Å²) in [6.45, 7) is 2.78. The van der Waals surface area contributed by atoms with E-state index in [4.69, 9.17) is 0 Å². The Kier molecular flexibility index (Phi) is 13.6. The molecule has 0 bridgehead atoms. The first-order chi connectivity index (χ1) is 3.65. The van der Waals surface area contributed by atoms with Gasteiger partial charge in [-0.15, -0.1) is 0 Å². The first-order valence-electron chi connectivity index (χ1n) is 2.75. The summed E-state index contributed by atoms with van der Waals surface area (Å²) >= 11 is 0. The van der Waals surface area contributed by atoms with Crippen LogP contribution in [0, 0.1) is 0 Å². The van der Waals surface area contributed by atoms with E-state index in [-0.39, 0.29) is 0 Å². The van der Waals surface area contributed by atoms with E-state index in [0.29, 0.717) is 0 Å². The van der Waals surface area contributed by atoms with Crippen molar-refractivity contribution in [2.75, 3.05) is 34.9 Å². The van der Waals surface area contributed by atoms with Gasteiger partial charge < -0.3 is 9.64 Å². The van der Waals surface area contributed by atoms with Crippen LogP contribution < -0.4 is 0 Å². The maximum atomic E-state index is 4.54. The van der Waals surface area contributed by atoms with Crippen LogP contribution in [-0.4, -0.2) is 39.8 Å². The van der Waals surface area contributed by atoms with Crippen LogP contribution in [-0.2, 0) is 4.74 Å². The number of hydrogen-bond donors (Lipinski definition) is 0. The minimum absolute atomic E-state index is 0.819. The normalized spacial score (nSPS) is 8.25. The molecule has 0 spiro atoms. The third-order valence-corrected chi connectivity index (χ3v) is 0.289. The number of nitrogens with zero attached hydrogens (tertiary/aromatic N) is 1. The average Bonchev–Trinajstić information content (AvgIpc) is 1.65. The summed E-state index contributed by atoms with van der Waals surface area (Å²) in [6.07, 6.45) is 0. The van der Waals surface area contributed by atoms with Gasteiger partial charge in [0, 0.05) is 13.7 Å². The van der Waals surface area contributed by atoms with Crippen LogP contribution in [0.25, 0.3) is 0 Å². The molecular weight excluding hydrogens is 102 g/mol. The highest BCUT2D eigenvalue weighted by atomic mass is 16.5. The van der Waals surface area contributed by atoms with E-state index in [1.54, 1.807) is 7.11 Å². The van der Waals surface area contributed by atoms with E-state index in [9.17, 15) is 0 Å². The van der Waals surface area contributed by atoms with Crippen LogP contribution in [0.4, 0.5) is 0 Å². The van der Waals surface area contributed by atoms with Gasteiger partial charge >= 0.3 is 0 Å². The molecule has 0 radical (unpaired) electrons. The molecular formula is C6H17NO. The third kappa shape index (κ3) is 169. The van der Waals surface area contributed by atoms with Crippen molar-refractivity contribution < 1.29 is 4.74 Å². The van der Waals surface area contributed by atoms with Gasteiger partial charge in [-0.25, -0.2) is 0 Å². The van der Waals surface area contributed by atoms with Gasteiger partial charge in [-0.2, -0.15) is 0 Å². The molecule has 0 aromatic heterocycles. The van der Waals surface area contributed by atoms with Crippen molar-refractivity contribution in [3.63, 3.8) is 0 Å². The first-order valence-corrected chi connectivity index (χ1v) is 2.75. The Labute approximate surface area is 52.4 Å². The van der Waals surface area contributed by atoms with Crippen LogP contribution in [0.5, 0.6) is 0 Å². The second kappa shape index (κ2) is 10.0. The lowest BCUT2D eigenvalue weighted by Crippen LogP contribution is -1.99. The minimum Gasteiger partial charge on any atom is -0.385 e. The van der Waals surface area contributed by atoms with Gasteiger partial charge in [0.2, 0.25) is 0 Å². The molecule has 8 heavy (non-hydrogen) atoms. The van der Waals surface area contributed by atoms with Crippen LogP contribution >= 0.6 is 0 Å². The summed E-state index contributed by atoms with van der Waals surface area (Å²) in [5, 5.41) is 0. The highest BCUT2D eigenvalue weighted by Crippen LogP contribution is 1.52. The van der Waals surface area contributed by atoms with Gasteiger partial charge in [-0.05, 0) is 28.1 Å². The number of ether oxygens (including phenoxy) is 1. The Hall–Kier alpha value is -0.0800. The monoisotopic (exact) mass is 119 g/mol. The fourth-order valence-corrected chi connectivity index (χ4v) is 0. The predicted octanol–water partition coefficient (Wildman–Crippen LogP) is 0.831. The second-order valence-corrected chi connectivity index (χ2v) is 1.92. The van der Waals surface area contributed by atoms with Gasteiger partial charge in [-0.1, -0.05) is 0 Å². The molecule has 0 saturated carbocycles. The van der Waals surface area contributed by atoms with E-state index in [0.717, 1.165) is 6.61 Å². The van der Waals surface area contributed by atoms with Crippen LogP contribution in [0.1, 0.15) is 6.92 Å². The Bertz CT molecular complexity index is 25.0. The molecule has 0 aliphatic rings. The van der Waals surface area contributed by atoms with Crippen LogP contribution in [0.3, 0.4) is 0 Å². The van der Waals surface area contributed by atoms with Crippen molar-refractivity contribution in [3.05, 3.63) is 0 Å². The Morgan fingerprint density at radius 1 is 1.25 bits per heavy atom. The van der Waals surface area contributed by atoms with E-state index in [1.807, 2.05) is 33.0 Å². The van der Waals surface area contributed by atoms with Gasteiger partial charge in [0.05, 0.1) is 0 Å². The average molecular weight is 119 g/mol. The largest absolute Gasteiger partial charge is 0.385 e.